The van der Waals surface area contributed by atoms with Gasteiger partial charge < -0.3 is 4.90 Å². The summed E-state index contributed by atoms with van der Waals surface area (Å²) in [6.45, 7) is 0.507. The fraction of sp³-hybridized carbons (Fsp3) is 0.133. The summed E-state index contributed by atoms with van der Waals surface area (Å²) in [5.74, 6) is -1.05. The molecule has 0 saturated carbocycles. The molecule has 1 amide bonds. The Morgan fingerprint density at radius 1 is 1.15 bits per heavy atom. The Morgan fingerprint density at radius 2 is 1.95 bits per heavy atom. The van der Waals surface area contributed by atoms with Crippen LogP contribution >= 0.6 is 15.9 Å². The summed E-state index contributed by atoms with van der Waals surface area (Å²) in [6, 6.07) is 8.55. The Morgan fingerprint density at radius 3 is 2.70 bits per heavy atom. The lowest BCUT2D eigenvalue weighted by Gasteiger charge is -2.17. The van der Waals surface area contributed by atoms with Gasteiger partial charge in [0.1, 0.15) is 11.6 Å². The van der Waals surface area contributed by atoms with E-state index in [1.165, 1.54) is 35.2 Å². The van der Waals surface area contributed by atoms with Crippen molar-refractivity contribution in [2.45, 2.75) is 6.42 Å². The number of benzene rings is 2. The molecule has 0 aliphatic carbocycles. The van der Waals surface area contributed by atoms with E-state index in [9.17, 15) is 13.6 Å². The van der Waals surface area contributed by atoms with Crippen molar-refractivity contribution >= 4 is 27.5 Å². The van der Waals surface area contributed by atoms with Crippen molar-refractivity contribution in [2.24, 2.45) is 0 Å². The number of carbonyl (C=O) groups excluding carboxylic acids is 1. The smallest absolute Gasteiger partial charge is 0.258 e. The van der Waals surface area contributed by atoms with Crippen LogP contribution in [0.1, 0.15) is 15.9 Å². The molecule has 20 heavy (non-hydrogen) atoms. The molecule has 1 aliphatic rings. The highest BCUT2D eigenvalue weighted by molar-refractivity contribution is 9.10. The minimum atomic E-state index is -0.422. The second-order valence-electron chi connectivity index (χ2n) is 4.61. The van der Waals surface area contributed by atoms with E-state index >= 15 is 0 Å². The van der Waals surface area contributed by atoms with Gasteiger partial charge in [-0.05, 0) is 58.2 Å². The fourth-order valence-electron chi connectivity index (χ4n) is 2.35. The third-order valence-electron chi connectivity index (χ3n) is 3.35. The molecule has 0 atom stereocenters. The predicted octanol–water partition coefficient (Wildman–Crippen LogP) is 3.93. The van der Waals surface area contributed by atoms with Crippen LogP contribution in [0.2, 0.25) is 0 Å². The number of fused-ring (bicyclic) bond motifs is 1. The van der Waals surface area contributed by atoms with Crippen LogP contribution < -0.4 is 4.90 Å². The van der Waals surface area contributed by atoms with E-state index in [0.29, 0.717) is 24.2 Å². The zero-order valence-electron chi connectivity index (χ0n) is 10.4. The Balaban J connectivity index is 1.97. The normalized spacial score (nSPS) is 13.4. The highest BCUT2D eigenvalue weighted by atomic mass is 79.9. The van der Waals surface area contributed by atoms with Crippen LogP contribution in [-0.2, 0) is 6.42 Å². The first-order valence-electron chi connectivity index (χ1n) is 6.11. The second-order valence-corrected chi connectivity index (χ2v) is 5.46. The summed E-state index contributed by atoms with van der Waals surface area (Å²) in [4.78, 5) is 14.0. The Labute approximate surface area is 123 Å². The van der Waals surface area contributed by atoms with Gasteiger partial charge in [-0.1, -0.05) is 6.07 Å². The molecule has 0 saturated heterocycles. The maximum Gasteiger partial charge on any atom is 0.258 e. The van der Waals surface area contributed by atoms with Crippen LogP contribution in [0.4, 0.5) is 14.5 Å². The number of amides is 1. The third-order valence-corrected chi connectivity index (χ3v) is 3.96. The van der Waals surface area contributed by atoms with Crippen LogP contribution in [0.5, 0.6) is 0 Å². The molecule has 0 N–H and O–H groups in total. The zero-order chi connectivity index (χ0) is 14.3. The molecular formula is C15H10BrF2NO. The van der Waals surface area contributed by atoms with Gasteiger partial charge >= 0.3 is 0 Å². The molecule has 3 rings (SSSR count). The predicted molar refractivity (Wildman–Crippen MR) is 75.9 cm³/mol. The largest absolute Gasteiger partial charge is 0.308 e. The maximum absolute atomic E-state index is 13.3. The SMILES string of the molecule is O=C(c1ccc(F)c(Br)c1)N1CCc2ccc(F)cc21. The molecule has 0 fully saturated rings. The van der Waals surface area contributed by atoms with Crippen LogP contribution in [0, 0.1) is 11.6 Å². The van der Waals surface area contributed by atoms with Gasteiger partial charge in [-0.15, -0.1) is 0 Å². The van der Waals surface area contributed by atoms with Crippen LogP contribution in [-0.4, -0.2) is 12.5 Å². The molecular weight excluding hydrogens is 328 g/mol. The van der Waals surface area contributed by atoms with E-state index in [2.05, 4.69) is 15.9 Å². The number of hydrogen-bond donors (Lipinski definition) is 0. The lowest BCUT2D eigenvalue weighted by atomic mass is 10.1. The number of carbonyl (C=O) groups is 1. The standard InChI is InChI=1S/C15H10BrF2NO/c16-12-7-10(2-4-13(12)18)15(20)19-6-5-9-1-3-11(17)8-14(9)19/h1-4,7-8H,5-6H2. The molecule has 0 unspecified atom stereocenters. The van der Waals surface area contributed by atoms with Gasteiger partial charge in [-0.3, -0.25) is 4.79 Å². The molecule has 0 bridgehead atoms. The average Bonchev–Trinajstić information content (AvgIpc) is 2.84. The summed E-state index contributed by atoms with van der Waals surface area (Å²) < 4.78 is 26.8. The van der Waals surface area contributed by atoms with Crippen molar-refractivity contribution in [2.75, 3.05) is 11.4 Å². The van der Waals surface area contributed by atoms with Gasteiger partial charge in [0, 0.05) is 12.1 Å². The first kappa shape index (κ1) is 13.2. The van der Waals surface area contributed by atoms with E-state index in [1.807, 2.05) is 0 Å². The zero-order valence-corrected chi connectivity index (χ0v) is 12.0. The number of rotatable bonds is 1. The highest BCUT2D eigenvalue weighted by Gasteiger charge is 2.26. The van der Waals surface area contributed by atoms with Crippen molar-refractivity contribution in [3.63, 3.8) is 0 Å². The van der Waals surface area contributed by atoms with Gasteiger partial charge in [-0.2, -0.15) is 0 Å². The van der Waals surface area contributed by atoms with Crippen molar-refractivity contribution < 1.29 is 13.6 Å². The number of anilines is 1. The quantitative estimate of drug-likeness (QED) is 0.772. The molecule has 102 valence electrons. The van der Waals surface area contributed by atoms with Gasteiger partial charge in [-0.25, -0.2) is 8.78 Å². The molecule has 0 aromatic heterocycles. The lowest BCUT2D eigenvalue weighted by Crippen LogP contribution is -2.28. The van der Waals surface area contributed by atoms with Crippen molar-refractivity contribution in [1.29, 1.82) is 0 Å². The van der Waals surface area contributed by atoms with Crippen molar-refractivity contribution in [1.82, 2.24) is 0 Å². The van der Waals surface area contributed by atoms with Crippen LogP contribution in [0.3, 0.4) is 0 Å². The monoisotopic (exact) mass is 337 g/mol. The van der Waals surface area contributed by atoms with E-state index in [-0.39, 0.29) is 16.2 Å². The van der Waals surface area contributed by atoms with Gasteiger partial charge in [0.15, 0.2) is 0 Å². The summed E-state index contributed by atoms with van der Waals surface area (Å²) in [5, 5.41) is 0. The van der Waals surface area contributed by atoms with Crippen LogP contribution in [0.25, 0.3) is 0 Å². The molecule has 0 spiro atoms. The molecule has 1 heterocycles. The lowest BCUT2D eigenvalue weighted by molar-refractivity contribution is 0.0989. The Kier molecular flexibility index (Phi) is 3.30. The molecule has 5 heteroatoms. The van der Waals surface area contributed by atoms with E-state index < -0.39 is 5.82 Å². The topological polar surface area (TPSA) is 20.3 Å². The third kappa shape index (κ3) is 2.22. The Bertz CT molecular complexity index is 702. The number of nitrogens with zero attached hydrogens (tertiary/aromatic N) is 1. The summed E-state index contributed by atoms with van der Waals surface area (Å²) in [6.07, 6.45) is 0.698. The molecule has 2 aromatic carbocycles. The van der Waals surface area contributed by atoms with Gasteiger partial charge in [0.2, 0.25) is 0 Å². The van der Waals surface area contributed by atoms with E-state index in [4.69, 9.17) is 0 Å². The van der Waals surface area contributed by atoms with E-state index in [1.54, 1.807) is 6.07 Å². The van der Waals surface area contributed by atoms with E-state index in [0.717, 1.165) is 5.56 Å². The second kappa shape index (κ2) is 4.98. The fourth-order valence-corrected chi connectivity index (χ4v) is 2.73. The average molecular weight is 338 g/mol. The molecule has 2 aromatic rings. The summed E-state index contributed by atoms with van der Waals surface area (Å²) in [5.41, 5.74) is 1.91. The number of halogens is 3. The minimum Gasteiger partial charge on any atom is -0.308 e. The molecule has 2 nitrogen and oxygen atoms in total. The van der Waals surface area contributed by atoms with Crippen molar-refractivity contribution in [3.05, 3.63) is 63.6 Å². The molecule has 0 radical (unpaired) electrons. The minimum absolute atomic E-state index is 0.238. The first-order chi connectivity index (χ1) is 9.56. The maximum atomic E-state index is 13.3. The Hall–Kier alpha value is -1.75. The van der Waals surface area contributed by atoms with Gasteiger partial charge in [0.25, 0.3) is 5.91 Å². The highest BCUT2D eigenvalue weighted by Crippen LogP contribution is 2.30. The summed E-state index contributed by atoms with van der Waals surface area (Å²) in [7, 11) is 0. The van der Waals surface area contributed by atoms with Crippen LogP contribution in [0.15, 0.2) is 40.9 Å². The summed E-state index contributed by atoms with van der Waals surface area (Å²) >= 11 is 3.06. The van der Waals surface area contributed by atoms with Crippen molar-refractivity contribution in [3.8, 4) is 0 Å². The first-order valence-corrected chi connectivity index (χ1v) is 6.91. The molecule has 1 aliphatic heterocycles. The van der Waals surface area contributed by atoms with Gasteiger partial charge in [0.05, 0.1) is 10.2 Å². The number of hydrogen-bond acceptors (Lipinski definition) is 1.